The molecule has 0 spiro atoms. The standard InChI is InChI=1S/C15H19N5O2/c1-11(21)19-12-3-5-13(6-4-12)20-15-9-14(17-10-18-15)16-7-8-22-2/h3-6,9-10H,7-8H2,1-2H3,(H,19,21)(H2,16,17,18,20). The summed E-state index contributed by atoms with van der Waals surface area (Å²) in [5, 5.41) is 9.04. The van der Waals surface area contributed by atoms with Crippen molar-refractivity contribution in [2.24, 2.45) is 0 Å². The van der Waals surface area contributed by atoms with Crippen LogP contribution >= 0.6 is 0 Å². The summed E-state index contributed by atoms with van der Waals surface area (Å²) >= 11 is 0. The van der Waals surface area contributed by atoms with Crippen molar-refractivity contribution in [2.75, 3.05) is 36.2 Å². The molecule has 0 fully saturated rings. The summed E-state index contributed by atoms with van der Waals surface area (Å²) in [6, 6.07) is 9.19. The first kappa shape index (κ1) is 15.7. The highest BCUT2D eigenvalue weighted by Crippen LogP contribution is 2.18. The van der Waals surface area contributed by atoms with Gasteiger partial charge in [-0.15, -0.1) is 0 Å². The molecular formula is C15H19N5O2. The summed E-state index contributed by atoms with van der Waals surface area (Å²) in [7, 11) is 1.65. The third-order valence-electron chi connectivity index (χ3n) is 2.76. The molecular weight excluding hydrogens is 282 g/mol. The van der Waals surface area contributed by atoms with Crippen molar-refractivity contribution in [3.8, 4) is 0 Å². The van der Waals surface area contributed by atoms with Crippen LogP contribution in [0.1, 0.15) is 6.92 Å². The second kappa shape index (κ2) is 7.94. The summed E-state index contributed by atoms with van der Waals surface area (Å²) in [5.41, 5.74) is 1.62. The van der Waals surface area contributed by atoms with Gasteiger partial charge in [0.25, 0.3) is 0 Å². The predicted molar refractivity (Wildman–Crippen MR) is 86.4 cm³/mol. The maximum absolute atomic E-state index is 11.0. The molecule has 0 saturated carbocycles. The second-order valence-corrected chi connectivity index (χ2v) is 4.59. The number of carbonyl (C=O) groups is 1. The van der Waals surface area contributed by atoms with Gasteiger partial charge in [0.1, 0.15) is 18.0 Å². The molecule has 0 unspecified atom stereocenters. The van der Waals surface area contributed by atoms with Gasteiger partial charge in [-0.3, -0.25) is 4.79 Å². The van der Waals surface area contributed by atoms with Gasteiger partial charge in [-0.25, -0.2) is 9.97 Å². The first-order valence-corrected chi connectivity index (χ1v) is 6.87. The van der Waals surface area contributed by atoms with Crippen molar-refractivity contribution in [2.45, 2.75) is 6.92 Å². The number of nitrogens with zero attached hydrogens (tertiary/aromatic N) is 2. The molecule has 3 N–H and O–H groups in total. The summed E-state index contributed by atoms with van der Waals surface area (Å²) < 4.78 is 4.98. The quantitative estimate of drug-likeness (QED) is 0.680. The third kappa shape index (κ3) is 5.02. The highest BCUT2D eigenvalue weighted by atomic mass is 16.5. The molecule has 0 saturated heterocycles. The fourth-order valence-electron chi connectivity index (χ4n) is 1.79. The second-order valence-electron chi connectivity index (χ2n) is 4.59. The molecule has 0 atom stereocenters. The number of rotatable bonds is 7. The minimum atomic E-state index is -0.0942. The van der Waals surface area contributed by atoms with Crippen LogP contribution in [0.5, 0.6) is 0 Å². The molecule has 1 aromatic carbocycles. The zero-order chi connectivity index (χ0) is 15.8. The average Bonchev–Trinajstić information content (AvgIpc) is 2.49. The summed E-state index contributed by atoms with van der Waals surface area (Å²) in [4.78, 5) is 19.3. The van der Waals surface area contributed by atoms with Crippen molar-refractivity contribution < 1.29 is 9.53 Å². The zero-order valence-corrected chi connectivity index (χ0v) is 12.6. The molecule has 1 aromatic heterocycles. The van der Waals surface area contributed by atoms with E-state index < -0.39 is 0 Å². The highest BCUT2D eigenvalue weighted by molar-refractivity contribution is 5.88. The molecule has 2 aromatic rings. The van der Waals surface area contributed by atoms with Crippen molar-refractivity contribution in [1.29, 1.82) is 0 Å². The Kier molecular flexibility index (Phi) is 5.67. The topological polar surface area (TPSA) is 88.2 Å². The Morgan fingerprint density at radius 1 is 1.14 bits per heavy atom. The van der Waals surface area contributed by atoms with Gasteiger partial charge in [0.05, 0.1) is 6.61 Å². The van der Waals surface area contributed by atoms with Crippen LogP contribution in [-0.4, -0.2) is 36.1 Å². The molecule has 1 heterocycles. The molecule has 0 aliphatic carbocycles. The number of aromatic nitrogens is 2. The summed E-state index contributed by atoms with van der Waals surface area (Å²) in [6.07, 6.45) is 1.49. The van der Waals surface area contributed by atoms with E-state index >= 15 is 0 Å². The van der Waals surface area contributed by atoms with Gasteiger partial charge in [0, 0.05) is 38.0 Å². The molecule has 0 radical (unpaired) electrons. The van der Waals surface area contributed by atoms with Gasteiger partial charge < -0.3 is 20.7 Å². The van der Waals surface area contributed by atoms with E-state index in [1.54, 1.807) is 7.11 Å². The lowest BCUT2D eigenvalue weighted by atomic mass is 10.2. The summed E-state index contributed by atoms with van der Waals surface area (Å²) in [6.45, 7) is 2.76. The first-order chi connectivity index (χ1) is 10.7. The van der Waals surface area contributed by atoms with E-state index in [9.17, 15) is 4.79 Å². The lowest BCUT2D eigenvalue weighted by Crippen LogP contribution is -2.09. The molecule has 7 heteroatoms. The molecule has 1 amide bonds. The normalized spacial score (nSPS) is 10.1. The first-order valence-electron chi connectivity index (χ1n) is 6.87. The minimum Gasteiger partial charge on any atom is -0.383 e. The molecule has 22 heavy (non-hydrogen) atoms. The van der Waals surface area contributed by atoms with Crippen LogP contribution in [0.4, 0.5) is 23.0 Å². The van der Waals surface area contributed by atoms with E-state index in [0.717, 1.165) is 17.2 Å². The van der Waals surface area contributed by atoms with Crippen LogP contribution in [0.2, 0.25) is 0 Å². The van der Waals surface area contributed by atoms with E-state index in [-0.39, 0.29) is 5.91 Å². The Hall–Kier alpha value is -2.67. The Morgan fingerprint density at radius 3 is 2.50 bits per heavy atom. The SMILES string of the molecule is COCCNc1cc(Nc2ccc(NC(C)=O)cc2)ncn1. The van der Waals surface area contributed by atoms with E-state index in [1.165, 1.54) is 13.3 Å². The van der Waals surface area contributed by atoms with E-state index in [2.05, 4.69) is 25.9 Å². The predicted octanol–water partition coefficient (Wildman–Crippen LogP) is 2.24. The highest BCUT2D eigenvalue weighted by Gasteiger charge is 2.00. The van der Waals surface area contributed by atoms with Crippen LogP contribution in [-0.2, 0) is 9.53 Å². The van der Waals surface area contributed by atoms with Gasteiger partial charge in [-0.2, -0.15) is 0 Å². The smallest absolute Gasteiger partial charge is 0.221 e. The Balaban J connectivity index is 1.97. The monoisotopic (exact) mass is 301 g/mol. The molecule has 0 aliphatic heterocycles. The van der Waals surface area contributed by atoms with Crippen molar-refractivity contribution in [3.05, 3.63) is 36.7 Å². The fourth-order valence-corrected chi connectivity index (χ4v) is 1.79. The van der Waals surface area contributed by atoms with Gasteiger partial charge in [-0.1, -0.05) is 0 Å². The van der Waals surface area contributed by atoms with Gasteiger partial charge in [0.15, 0.2) is 0 Å². The zero-order valence-electron chi connectivity index (χ0n) is 12.6. The largest absolute Gasteiger partial charge is 0.383 e. The third-order valence-corrected chi connectivity index (χ3v) is 2.76. The van der Waals surface area contributed by atoms with Gasteiger partial charge >= 0.3 is 0 Å². The lowest BCUT2D eigenvalue weighted by molar-refractivity contribution is -0.114. The molecule has 116 valence electrons. The number of ether oxygens (including phenoxy) is 1. The number of amides is 1. The number of carbonyl (C=O) groups excluding carboxylic acids is 1. The van der Waals surface area contributed by atoms with E-state index in [1.807, 2.05) is 30.3 Å². The van der Waals surface area contributed by atoms with Crippen LogP contribution in [0.3, 0.4) is 0 Å². The average molecular weight is 301 g/mol. The number of methoxy groups -OCH3 is 1. The van der Waals surface area contributed by atoms with Crippen molar-refractivity contribution in [3.63, 3.8) is 0 Å². The van der Waals surface area contributed by atoms with Crippen LogP contribution in [0.25, 0.3) is 0 Å². The lowest BCUT2D eigenvalue weighted by Gasteiger charge is -2.09. The van der Waals surface area contributed by atoms with Crippen molar-refractivity contribution >= 4 is 28.9 Å². The molecule has 2 rings (SSSR count). The number of hydrogen-bond acceptors (Lipinski definition) is 6. The number of anilines is 4. The maximum Gasteiger partial charge on any atom is 0.221 e. The molecule has 7 nitrogen and oxygen atoms in total. The van der Waals surface area contributed by atoms with Crippen molar-refractivity contribution in [1.82, 2.24) is 9.97 Å². The maximum atomic E-state index is 11.0. The van der Waals surface area contributed by atoms with E-state index in [0.29, 0.717) is 19.0 Å². The Labute approximate surface area is 129 Å². The fraction of sp³-hybridized carbons (Fsp3) is 0.267. The Morgan fingerprint density at radius 2 is 1.82 bits per heavy atom. The minimum absolute atomic E-state index is 0.0942. The Bertz CT molecular complexity index is 616. The van der Waals surface area contributed by atoms with Gasteiger partial charge in [-0.05, 0) is 24.3 Å². The van der Waals surface area contributed by atoms with E-state index in [4.69, 9.17) is 4.74 Å². The number of benzene rings is 1. The molecule has 0 bridgehead atoms. The number of hydrogen-bond donors (Lipinski definition) is 3. The summed E-state index contributed by atoms with van der Waals surface area (Å²) in [5.74, 6) is 1.31. The number of nitrogens with one attached hydrogen (secondary N) is 3. The van der Waals surface area contributed by atoms with Crippen LogP contribution < -0.4 is 16.0 Å². The van der Waals surface area contributed by atoms with Crippen LogP contribution in [0, 0.1) is 0 Å². The van der Waals surface area contributed by atoms with Gasteiger partial charge in [0.2, 0.25) is 5.91 Å². The molecule has 0 aliphatic rings. The van der Waals surface area contributed by atoms with Crippen LogP contribution in [0.15, 0.2) is 36.7 Å².